The van der Waals surface area contributed by atoms with Crippen LogP contribution in [-0.4, -0.2) is 30.4 Å². The van der Waals surface area contributed by atoms with Gasteiger partial charge in [-0.15, -0.1) is 0 Å². The SMILES string of the molecule is O=C(Cc1cccc2ccccc12)NCC(c1ccsc1)N1CCCC1. The first-order valence-electron chi connectivity index (χ1n) is 9.31. The lowest BCUT2D eigenvalue weighted by Gasteiger charge is -2.27. The highest BCUT2D eigenvalue weighted by Gasteiger charge is 2.24. The molecule has 1 N–H and O–H groups in total. The van der Waals surface area contributed by atoms with E-state index in [1.165, 1.54) is 29.2 Å². The highest BCUT2D eigenvalue weighted by molar-refractivity contribution is 7.07. The second-order valence-corrected chi connectivity index (χ2v) is 7.71. The number of hydrogen-bond donors (Lipinski definition) is 1. The van der Waals surface area contributed by atoms with E-state index >= 15 is 0 Å². The lowest BCUT2D eigenvalue weighted by atomic mass is 10.0. The van der Waals surface area contributed by atoms with Gasteiger partial charge in [-0.25, -0.2) is 0 Å². The van der Waals surface area contributed by atoms with Crippen molar-refractivity contribution < 1.29 is 4.79 Å². The molecule has 4 rings (SSSR count). The summed E-state index contributed by atoms with van der Waals surface area (Å²) in [5.41, 5.74) is 2.41. The maximum absolute atomic E-state index is 12.6. The van der Waals surface area contributed by atoms with E-state index in [-0.39, 0.29) is 5.91 Å². The van der Waals surface area contributed by atoms with Crippen LogP contribution in [0.1, 0.15) is 30.0 Å². The van der Waals surface area contributed by atoms with E-state index in [9.17, 15) is 4.79 Å². The van der Waals surface area contributed by atoms with E-state index in [0.717, 1.165) is 18.7 Å². The molecule has 1 fully saturated rings. The van der Waals surface area contributed by atoms with Crippen molar-refractivity contribution in [1.29, 1.82) is 0 Å². The average Bonchev–Trinajstić information content (AvgIpc) is 3.37. The van der Waals surface area contributed by atoms with Crippen molar-refractivity contribution in [2.24, 2.45) is 0 Å². The summed E-state index contributed by atoms with van der Waals surface area (Å²) in [7, 11) is 0. The van der Waals surface area contributed by atoms with Crippen molar-refractivity contribution in [2.75, 3.05) is 19.6 Å². The van der Waals surface area contributed by atoms with Gasteiger partial charge in [0.1, 0.15) is 0 Å². The van der Waals surface area contributed by atoms with Gasteiger partial charge in [0.25, 0.3) is 0 Å². The first-order chi connectivity index (χ1) is 12.8. The van der Waals surface area contributed by atoms with Gasteiger partial charge in [-0.05, 0) is 64.7 Å². The number of thiophene rings is 1. The Hall–Kier alpha value is -2.17. The molecule has 1 aliphatic rings. The lowest BCUT2D eigenvalue weighted by Crippen LogP contribution is -2.37. The summed E-state index contributed by atoms with van der Waals surface area (Å²) in [5, 5.41) is 9.87. The minimum atomic E-state index is 0.0979. The zero-order valence-electron chi connectivity index (χ0n) is 14.9. The Morgan fingerprint density at radius 1 is 1.08 bits per heavy atom. The van der Waals surface area contributed by atoms with Crippen LogP contribution in [0.3, 0.4) is 0 Å². The van der Waals surface area contributed by atoms with Gasteiger partial charge in [-0.1, -0.05) is 42.5 Å². The molecular weight excluding hydrogens is 340 g/mol. The summed E-state index contributed by atoms with van der Waals surface area (Å²) < 4.78 is 0. The summed E-state index contributed by atoms with van der Waals surface area (Å²) in [6.07, 6.45) is 2.94. The lowest BCUT2D eigenvalue weighted by molar-refractivity contribution is -0.120. The van der Waals surface area contributed by atoms with Crippen LogP contribution >= 0.6 is 11.3 Å². The molecule has 0 bridgehead atoms. The standard InChI is InChI=1S/C22H24N2OS/c25-22(14-18-8-5-7-17-6-1-2-9-20(17)18)23-15-21(19-10-13-26-16-19)24-11-3-4-12-24/h1-2,5-10,13,16,21H,3-4,11-12,14-15H2,(H,23,25). The minimum absolute atomic E-state index is 0.0979. The van der Waals surface area contributed by atoms with Gasteiger partial charge < -0.3 is 5.32 Å². The molecule has 4 heteroatoms. The number of fused-ring (bicyclic) bond motifs is 1. The van der Waals surface area contributed by atoms with Crippen LogP contribution < -0.4 is 5.32 Å². The number of carbonyl (C=O) groups is 1. The Balaban J connectivity index is 1.43. The van der Waals surface area contributed by atoms with Gasteiger partial charge in [-0.3, -0.25) is 9.69 Å². The first-order valence-corrected chi connectivity index (χ1v) is 10.2. The second kappa shape index (κ2) is 8.02. The molecule has 0 aliphatic carbocycles. The number of amides is 1. The molecule has 2 heterocycles. The number of benzene rings is 2. The third kappa shape index (κ3) is 3.81. The molecule has 3 nitrogen and oxygen atoms in total. The fourth-order valence-electron chi connectivity index (χ4n) is 3.87. The van der Waals surface area contributed by atoms with Gasteiger partial charge in [0.05, 0.1) is 12.5 Å². The van der Waals surface area contributed by atoms with Gasteiger partial charge in [0.2, 0.25) is 5.91 Å². The van der Waals surface area contributed by atoms with Crippen molar-refractivity contribution >= 4 is 28.0 Å². The zero-order chi connectivity index (χ0) is 17.8. The number of rotatable bonds is 6. The van der Waals surface area contributed by atoms with Crippen LogP contribution in [0, 0.1) is 0 Å². The smallest absolute Gasteiger partial charge is 0.224 e. The van der Waals surface area contributed by atoms with Crippen LogP contribution in [0.2, 0.25) is 0 Å². The minimum Gasteiger partial charge on any atom is -0.354 e. The molecule has 2 aromatic carbocycles. The molecule has 1 aliphatic heterocycles. The molecule has 1 unspecified atom stereocenters. The largest absolute Gasteiger partial charge is 0.354 e. The normalized spacial score (nSPS) is 16.0. The Kier molecular flexibility index (Phi) is 5.32. The van der Waals surface area contributed by atoms with Crippen molar-refractivity contribution in [1.82, 2.24) is 10.2 Å². The van der Waals surface area contributed by atoms with Crippen LogP contribution in [0.4, 0.5) is 0 Å². The molecule has 0 radical (unpaired) electrons. The quantitative estimate of drug-likeness (QED) is 0.703. The van der Waals surface area contributed by atoms with Gasteiger partial charge in [0.15, 0.2) is 0 Å². The van der Waals surface area contributed by atoms with Crippen molar-refractivity contribution in [3.05, 3.63) is 70.4 Å². The molecule has 3 aromatic rings. The van der Waals surface area contributed by atoms with Crippen molar-refractivity contribution in [3.8, 4) is 0 Å². The van der Waals surface area contributed by atoms with Crippen molar-refractivity contribution in [3.63, 3.8) is 0 Å². The van der Waals surface area contributed by atoms with Crippen LogP contribution in [0.25, 0.3) is 10.8 Å². The van der Waals surface area contributed by atoms with E-state index in [1.54, 1.807) is 11.3 Å². The molecule has 1 aromatic heterocycles. The average molecular weight is 365 g/mol. The summed E-state index contributed by atoms with van der Waals surface area (Å²) in [6, 6.07) is 16.9. The third-order valence-electron chi connectivity index (χ3n) is 5.23. The van der Waals surface area contributed by atoms with Gasteiger partial charge in [0, 0.05) is 6.54 Å². The van der Waals surface area contributed by atoms with E-state index in [1.807, 2.05) is 18.2 Å². The molecule has 1 saturated heterocycles. The third-order valence-corrected chi connectivity index (χ3v) is 5.93. The van der Waals surface area contributed by atoms with E-state index in [0.29, 0.717) is 19.0 Å². The molecule has 0 saturated carbocycles. The number of likely N-dealkylation sites (tertiary alicyclic amines) is 1. The Morgan fingerprint density at radius 3 is 2.69 bits per heavy atom. The number of carbonyl (C=O) groups excluding carboxylic acids is 1. The predicted molar refractivity (Wildman–Crippen MR) is 109 cm³/mol. The van der Waals surface area contributed by atoms with Gasteiger partial charge >= 0.3 is 0 Å². The highest BCUT2D eigenvalue weighted by Crippen LogP contribution is 2.26. The fourth-order valence-corrected chi connectivity index (χ4v) is 4.58. The number of nitrogens with one attached hydrogen (secondary N) is 1. The number of nitrogens with zero attached hydrogens (tertiary/aromatic N) is 1. The van der Waals surface area contributed by atoms with Crippen LogP contribution in [-0.2, 0) is 11.2 Å². The first kappa shape index (κ1) is 17.3. The number of hydrogen-bond acceptors (Lipinski definition) is 3. The van der Waals surface area contributed by atoms with Crippen molar-refractivity contribution in [2.45, 2.75) is 25.3 Å². The summed E-state index contributed by atoms with van der Waals surface area (Å²) >= 11 is 1.73. The molecule has 1 amide bonds. The Bertz CT molecular complexity index is 863. The van der Waals surface area contributed by atoms with E-state index < -0.39 is 0 Å². The highest BCUT2D eigenvalue weighted by atomic mass is 32.1. The van der Waals surface area contributed by atoms with Gasteiger partial charge in [-0.2, -0.15) is 11.3 Å². The molecule has 26 heavy (non-hydrogen) atoms. The molecular formula is C22H24N2OS. The molecule has 134 valence electrons. The maximum Gasteiger partial charge on any atom is 0.224 e. The van der Waals surface area contributed by atoms with E-state index in [2.05, 4.69) is 51.3 Å². The topological polar surface area (TPSA) is 32.3 Å². The van der Waals surface area contributed by atoms with E-state index in [4.69, 9.17) is 0 Å². The second-order valence-electron chi connectivity index (χ2n) is 6.93. The van der Waals surface area contributed by atoms with Crippen LogP contribution in [0.5, 0.6) is 0 Å². The maximum atomic E-state index is 12.6. The summed E-state index contributed by atoms with van der Waals surface area (Å²) in [5.74, 6) is 0.0979. The monoisotopic (exact) mass is 364 g/mol. The predicted octanol–water partition coefficient (Wildman–Crippen LogP) is 4.40. The summed E-state index contributed by atoms with van der Waals surface area (Å²) in [4.78, 5) is 15.1. The molecule has 1 atom stereocenters. The summed E-state index contributed by atoms with van der Waals surface area (Å²) in [6.45, 7) is 2.93. The Labute approximate surface area is 158 Å². The Morgan fingerprint density at radius 2 is 1.88 bits per heavy atom. The zero-order valence-corrected chi connectivity index (χ0v) is 15.7. The molecule has 0 spiro atoms. The fraction of sp³-hybridized carbons (Fsp3) is 0.318. The van der Waals surface area contributed by atoms with Crippen LogP contribution in [0.15, 0.2) is 59.3 Å².